The van der Waals surface area contributed by atoms with Crippen molar-refractivity contribution in [1.82, 2.24) is 0 Å². The van der Waals surface area contributed by atoms with Gasteiger partial charge in [0.15, 0.2) is 6.29 Å². The predicted octanol–water partition coefficient (Wildman–Crippen LogP) is 1.96. The van der Waals surface area contributed by atoms with Crippen LogP contribution >= 0.6 is 0 Å². The van der Waals surface area contributed by atoms with Crippen molar-refractivity contribution < 1.29 is 13.7 Å². The summed E-state index contributed by atoms with van der Waals surface area (Å²) in [6.45, 7) is 0. The molecule has 1 aromatic rings. The molecule has 0 saturated heterocycles. The molecule has 14 heavy (non-hydrogen) atoms. The van der Waals surface area contributed by atoms with Crippen LogP contribution in [0.25, 0.3) is 0 Å². The number of aldehydes is 1. The summed E-state index contributed by atoms with van der Waals surface area (Å²) < 4.78 is 26.8. The molecule has 0 amide bonds. The van der Waals surface area contributed by atoms with Gasteiger partial charge in [-0.1, -0.05) is 16.6 Å². The van der Waals surface area contributed by atoms with Gasteiger partial charge in [0.1, 0.15) is 0 Å². The third-order valence-corrected chi connectivity index (χ3v) is 1.94. The zero-order chi connectivity index (χ0) is 10.2. The highest BCUT2D eigenvalue weighted by molar-refractivity contribution is 5.98. The van der Waals surface area contributed by atoms with Gasteiger partial charge in [-0.15, -0.1) is 0 Å². The van der Waals surface area contributed by atoms with Crippen LogP contribution in [0.4, 0.5) is 20.2 Å². The number of rotatable bonds is 1. The minimum atomic E-state index is -2.78. The minimum Gasteiger partial charge on any atom is -0.297 e. The SMILES string of the molecule is O=CC1(F)C=Nc2ccccc2N1F. The van der Waals surface area contributed by atoms with Crippen molar-refractivity contribution in [2.24, 2.45) is 4.99 Å². The van der Waals surface area contributed by atoms with E-state index in [1.165, 1.54) is 18.2 Å². The van der Waals surface area contributed by atoms with Crippen LogP contribution in [0.2, 0.25) is 0 Å². The highest BCUT2D eigenvalue weighted by Gasteiger charge is 2.40. The lowest BCUT2D eigenvalue weighted by Gasteiger charge is -2.27. The number of halogens is 2. The molecule has 0 aromatic heterocycles. The van der Waals surface area contributed by atoms with E-state index in [0.717, 1.165) is 0 Å². The number of alkyl halides is 1. The molecular formula is C9H6F2N2O. The summed E-state index contributed by atoms with van der Waals surface area (Å²) in [6.07, 6.45) is 0.509. The maximum absolute atomic E-state index is 13.4. The highest BCUT2D eigenvalue weighted by atomic mass is 19.2. The molecule has 0 spiro atoms. The normalized spacial score (nSPS) is 24.6. The Hall–Kier alpha value is -1.78. The van der Waals surface area contributed by atoms with E-state index in [2.05, 4.69) is 4.99 Å². The van der Waals surface area contributed by atoms with Crippen LogP contribution in [0.15, 0.2) is 29.3 Å². The van der Waals surface area contributed by atoms with E-state index in [-0.39, 0.29) is 17.1 Å². The average Bonchev–Trinajstić information content (AvgIpc) is 2.24. The van der Waals surface area contributed by atoms with Crippen LogP contribution in [0.3, 0.4) is 0 Å². The number of nitrogens with zero attached hydrogens (tertiary/aromatic N) is 2. The lowest BCUT2D eigenvalue weighted by molar-refractivity contribution is -0.115. The van der Waals surface area contributed by atoms with Crippen LogP contribution in [0.1, 0.15) is 0 Å². The zero-order valence-electron chi connectivity index (χ0n) is 7.02. The Morgan fingerprint density at radius 3 is 2.86 bits per heavy atom. The molecular weight excluding hydrogens is 190 g/mol. The fourth-order valence-corrected chi connectivity index (χ4v) is 1.21. The number of carbonyl (C=O) groups is 1. The first kappa shape index (κ1) is 8.80. The van der Waals surface area contributed by atoms with Gasteiger partial charge in [0.25, 0.3) is 0 Å². The number of hydrogen-bond donors (Lipinski definition) is 0. The van der Waals surface area contributed by atoms with Crippen molar-refractivity contribution in [2.45, 2.75) is 5.79 Å². The van der Waals surface area contributed by atoms with Gasteiger partial charge in [-0.25, -0.2) is 4.39 Å². The molecule has 72 valence electrons. The first-order valence-electron chi connectivity index (χ1n) is 3.93. The second-order valence-electron chi connectivity index (χ2n) is 2.87. The van der Waals surface area contributed by atoms with Crippen molar-refractivity contribution in [1.29, 1.82) is 0 Å². The number of hydrogen-bond acceptors (Lipinski definition) is 3. The summed E-state index contributed by atoms with van der Waals surface area (Å²) in [7, 11) is 0. The Morgan fingerprint density at radius 2 is 2.14 bits per heavy atom. The molecule has 1 aliphatic rings. The standard InChI is InChI=1S/C9H6F2N2O/c10-9(6-14)5-12-7-3-1-2-4-8(7)13(9)11/h1-6H. The van der Waals surface area contributed by atoms with Crippen LogP contribution in [-0.2, 0) is 4.79 Å². The summed E-state index contributed by atoms with van der Waals surface area (Å²) >= 11 is 0. The van der Waals surface area contributed by atoms with E-state index in [1.54, 1.807) is 6.07 Å². The maximum Gasteiger partial charge on any atom is 0.300 e. The van der Waals surface area contributed by atoms with Gasteiger partial charge in [-0.3, -0.25) is 9.79 Å². The lowest BCUT2D eigenvalue weighted by atomic mass is 10.2. The van der Waals surface area contributed by atoms with Crippen molar-refractivity contribution in [3.05, 3.63) is 24.3 Å². The van der Waals surface area contributed by atoms with Crippen molar-refractivity contribution in [2.75, 3.05) is 5.12 Å². The second-order valence-corrected chi connectivity index (χ2v) is 2.87. The summed E-state index contributed by atoms with van der Waals surface area (Å²) in [4.78, 5) is 14.0. The molecule has 1 heterocycles. The molecule has 0 fully saturated rings. The van der Waals surface area contributed by atoms with Crippen LogP contribution in [-0.4, -0.2) is 18.3 Å². The van der Waals surface area contributed by atoms with Gasteiger partial charge in [0.05, 0.1) is 17.6 Å². The highest BCUT2D eigenvalue weighted by Crippen LogP contribution is 2.36. The van der Waals surface area contributed by atoms with E-state index >= 15 is 0 Å². The smallest absolute Gasteiger partial charge is 0.297 e. The summed E-state index contributed by atoms with van der Waals surface area (Å²) in [5.41, 5.74) is 0.245. The fourth-order valence-electron chi connectivity index (χ4n) is 1.21. The zero-order valence-corrected chi connectivity index (χ0v) is 7.02. The maximum atomic E-state index is 13.4. The van der Waals surface area contributed by atoms with Gasteiger partial charge in [0.2, 0.25) is 0 Å². The second kappa shape index (κ2) is 2.87. The van der Waals surface area contributed by atoms with Gasteiger partial charge in [-0.2, -0.15) is 5.12 Å². The Bertz CT molecular complexity index is 408. The number of para-hydroxylation sites is 2. The molecule has 3 nitrogen and oxygen atoms in total. The van der Waals surface area contributed by atoms with Gasteiger partial charge < -0.3 is 0 Å². The van der Waals surface area contributed by atoms with E-state index < -0.39 is 5.79 Å². The van der Waals surface area contributed by atoms with Gasteiger partial charge in [-0.05, 0) is 12.1 Å². The van der Waals surface area contributed by atoms with Gasteiger partial charge in [0, 0.05) is 0 Å². The van der Waals surface area contributed by atoms with E-state index in [0.29, 0.717) is 11.9 Å². The molecule has 0 radical (unpaired) electrons. The molecule has 1 aromatic carbocycles. The van der Waals surface area contributed by atoms with Crippen molar-refractivity contribution in [3.63, 3.8) is 0 Å². The lowest BCUT2D eigenvalue weighted by Crippen LogP contribution is -2.44. The Kier molecular flexibility index (Phi) is 1.80. The Balaban J connectivity index is 2.55. The van der Waals surface area contributed by atoms with Crippen LogP contribution in [0.5, 0.6) is 0 Å². The molecule has 2 rings (SSSR count). The molecule has 1 unspecified atom stereocenters. The van der Waals surface area contributed by atoms with Gasteiger partial charge >= 0.3 is 5.79 Å². The molecule has 1 aliphatic heterocycles. The quantitative estimate of drug-likeness (QED) is 0.390. The largest absolute Gasteiger partial charge is 0.300 e. The number of carbonyl (C=O) groups excluding carboxylic acids is 1. The molecule has 1 atom stereocenters. The number of fused-ring (bicyclic) bond motifs is 1. The third-order valence-electron chi connectivity index (χ3n) is 1.94. The van der Waals surface area contributed by atoms with Crippen LogP contribution in [0, 0.1) is 0 Å². The monoisotopic (exact) mass is 196 g/mol. The molecule has 0 bridgehead atoms. The molecule has 0 saturated carbocycles. The van der Waals surface area contributed by atoms with E-state index in [1.807, 2.05) is 0 Å². The van der Waals surface area contributed by atoms with Crippen molar-refractivity contribution >= 4 is 23.9 Å². The van der Waals surface area contributed by atoms with Crippen molar-refractivity contribution in [3.8, 4) is 0 Å². The molecule has 0 N–H and O–H groups in total. The Morgan fingerprint density at radius 1 is 1.43 bits per heavy atom. The average molecular weight is 196 g/mol. The summed E-state index contributed by atoms with van der Waals surface area (Å²) in [6, 6.07) is 6.07. The number of anilines is 1. The first-order valence-corrected chi connectivity index (χ1v) is 3.93. The third kappa shape index (κ3) is 1.09. The Labute approximate surface area is 78.6 Å². The molecule has 5 heteroatoms. The number of aliphatic imine (C=N–C) groups is 1. The van der Waals surface area contributed by atoms with E-state index in [9.17, 15) is 13.7 Å². The summed E-state index contributed by atoms with van der Waals surface area (Å²) in [5, 5.41) is -0.234. The molecule has 0 aliphatic carbocycles. The fraction of sp³-hybridized carbons (Fsp3) is 0.111. The summed E-state index contributed by atoms with van der Waals surface area (Å²) in [5.74, 6) is -2.78. The van der Waals surface area contributed by atoms with Crippen LogP contribution < -0.4 is 5.12 Å². The number of benzene rings is 1. The minimum absolute atomic E-state index is 0.0513. The first-order chi connectivity index (χ1) is 6.67. The topological polar surface area (TPSA) is 32.7 Å². The predicted molar refractivity (Wildman–Crippen MR) is 48.1 cm³/mol. The van der Waals surface area contributed by atoms with E-state index in [4.69, 9.17) is 0 Å².